The van der Waals surface area contributed by atoms with Crippen molar-refractivity contribution >= 4 is 34.8 Å². The van der Waals surface area contributed by atoms with E-state index in [1.165, 1.54) is 0 Å². The lowest BCUT2D eigenvalue weighted by Crippen LogP contribution is -2.29. The van der Waals surface area contributed by atoms with Crippen LogP contribution in [-0.2, 0) is 4.79 Å². The SMILES string of the molecule is CC(=O)N(CCCCl)c1ccc(C)c(Cl)c1. The van der Waals surface area contributed by atoms with Gasteiger partial charge in [-0.3, -0.25) is 4.79 Å². The second kappa shape index (κ2) is 6.12. The molecule has 0 aromatic heterocycles. The molecule has 0 radical (unpaired) electrons. The Kier molecular flexibility index (Phi) is 5.10. The van der Waals surface area contributed by atoms with E-state index in [0.29, 0.717) is 17.4 Å². The molecule has 0 N–H and O–H groups in total. The van der Waals surface area contributed by atoms with E-state index in [2.05, 4.69) is 0 Å². The van der Waals surface area contributed by atoms with Crippen molar-refractivity contribution in [2.45, 2.75) is 20.3 Å². The molecule has 0 saturated heterocycles. The Morgan fingerprint density at radius 1 is 1.44 bits per heavy atom. The summed E-state index contributed by atoms with van der Waals surface area (Å²) in [7, 11) is 0. The van der Waals surface area contributed by atoms with Gasteiger partial charge in [-0.15, -0.1) is 11.6 Å². The Hall–Kier alpha value is -0.730. The number of amides is 1. The average molecular weight is 260 g/mol. The lowest BCUT2D eigenvalue weighted by atomic mass is 10.2. The van der Waals surface area contributed by atoms with E-state index in [-0.39, 0.29) is 5.91 Å². The third-order valence-electron chi connectivity index (χ3n) is 2.36. The van der Waals surface area contributed by atoms with Gasteiger partial charge in [0.1, 0.15) is 0 Å². The third kappa shape index (κ3) is 3.39. The predicted molar refractivity (Wildman–Crippen MR) is 69.6 cm³/mol. The van der Waals surface area contributed by atoms with Gasteiger partial charge in [0.05, 0.1) is 0 Å². The summed E-state index contributed by atoms with van der Waals surface area (Å²) in [5.41, 5.74) is 1.83. The molecule has 0 aliphatic heterocycles. The Balaban J connectivity index is 2.92. The summed E-state index contributed by atoms with van der Waals surface area (Å²) in [4.78, 5) is 13.2. The highest BCUT2D eigenvalue weighted by Crippen LogP contribution is 2.23. The largest absolute Gasteiger partial charge is 0.313 e. The number of halogens is 2. The first-order valence-corrected chi connectivity index (χ1v) is 6.07. The number of anilines is 1. The maximum absolute atomic E-state index is 11.5. The zero-order valence-corrected chi connectivity index (χ0v) is 11.0. The molecular formula is C12H15Cl2NO. The number of alkyl halides is 1. The second-order valence-corrected chi connectivity index (χ2v) is 4.43. The summed E-state index contributed by atoms with van der Waals surface area (Å²) in [5.74, 6) is 0.550. The molecular weight excluding hydrogens is 245 g/mol. The van der Waals surface area contributed by atoms with E-state index in [4.69, 9.17) is 23.2 Å². The first kappa shape index (κ1) is 13.3. The van der Waals surface area contributed by atoms with E-state index in [0.717, 1.165) is 17.7 Å². The van der Waals surface area contributed by atoms with Crippen LogP contribution < -0.4 is 4.90 Å². The van der Waals surface area contributed by atoms with E-state index < -0.39 is 0 Å². The predicted octanol–water partition coefficient (Wildman–Crippen LogP) is 3.63. The van der Waals surface area contributed by atoms with Crippen molar-refractivity contribution in [3.8, 4) is 0 Å². The Bertz CT molecular complexity index is 379. The van der Waals surface area contributed by atoms with Crippen LogP contribution in [0.5, 0.6) is 0 Å². The smallest absolute Gasteiger partial charge is 0.223 e. The Morgan fingerprint density at radius 2 is 2.12 bits per heavy atom. The fourth-order valence-electron chi connectivity index (χ4n) is 1.44. The summed E-state index contributed by atoms with van der Waals surface area (Å²) in [6.07, 6.45) is 0.770. The summed E-state index contributed by atoms with van der Waals surface area (Å²) in [6, 6.07) is 5.62. The van der Waals surface area contributed by atoms with Crippen LogP contribution in [0.3, 0.4) is 0 Å². The first-order chi connectivity index (χ1) is 7.56. The molecule has 0 aliphatic carbocycles. The number of carbonyl (C=O) groups excluding carboxylic acids is 1. The third-order valence-corrected chi connectivity index (χ3v) is 3.04. The van der Waals surface area contributed by atoms with E-state index in [9.17, 15) is 4.79 Å². The number of hydrogen-bond donors (Lipinski definition) is 0. The summed E-state index contributed by atoms with van der Waals surface area (Å²) in [6.45, 7) is 4.10. The lowest BCUT2D eigenvalue weighted by Gasteiger charge is -2.21. The highest BCUT2D eigenvalue weighted by molar-refractivity contribution is 6.31. The van der Waals surface area contributed by atoms with Crippen molar-refractivity contribution in [3.05, 3.63) is 28.8 Å². The number of aryl methyl sites for hydroxylation is 1. The highest BCUT2D eigenvalue weighted by atomic mass is 35.5. The van der Waals surface area contributed by atoms with Crippen LogP contribution in [-0.4, -0.2) is 18.3 Å². The molecule has 0 unspecified atom stereocenters. The highest BCUT2D eigenvalue weighted by Gasteiger charge is 2.11. The quantitative estimate of drug-likeness (QED) is 0.757. The van der Waals surface area contributed by atoms with Crippen molar-refractivity contribution in [1.82, 2.24) is 0 Å². The van der Waals surface area contributed by atoms with E-state index >= 15 is 0 Å². The molecule has 0 saturated carbocycles. The van der Waals surface area contributed by atoms with Crippen molar-refractivity contribution in [3.63, 3.8) is 0 Å². The molecule has 1 amide bonds. The standard InChI is InChI=1S/C12H15Cl2NO/c1-9-4-5-11(8-12(9)14)15(10(2)16)7-3-6-13/h4-5,8H,3,6-7H2,1-2H3. The molecule has 0 fully saturated rings. The van der Waals surface area contributed by atoms with Crippen LogP contribution in [0.2, 0.25) is 5.02 Å². The minimum absolute atomic E-state index is 0.00466. The Morgan fingerprint density at radius 3 is 2.62 bits per heavy atom. The molecule has 2 nitrogen and oxygen atoms in total. The molecule has 4 heteroatoms. The fourth-order valence-corrected chi connectivity index (χ4v) is 1.73. The van der Waals surface area contributed by atoms with Gasteiger partial charge in [-0.25, -0.2) is 0 Å². The minimum atomic E-state index is 0.00466. The molecule has 0 atom stereocenters. The fraction of sp³-hybridized carbons (Fsp3) is 0.417. The zero-order valence-electron chi connectivity index (χ0n) is 9.46. The van der Waals surface area contributed by atoms with Gasteiger partial charge >= 0.3 is 0 Å². The summed E-state index contributed by atoms with van der Waals surface area (Å²) >= 11 is 11.7. The van der Waals surface area contributed by atoms with Gasteiger partial charge in [0.25, 0.3) is 0 Å². The molecule has 1 rings (SSSR count). The monoisotopic (exact) mass is 259 g/mol. The van der Waals surface area contributed by atoms with Crippen LogP contribution in [0.15, 0.2) is 18.2 Å². The van der Waals surface area contributed by atoms with Crippen molar-refractivity contribution in [2.75, 3.05) is 17.3 Å². The normalized spacial score (nSPS) is 10.2. The number of benzene rings is 1. The molecule has 0 bridgehead atoms. The Labute approximate surface area is 106 Å². The second-order valence-electron chi connectivity index (χ2n) is 3.65. The van der Waals surface area contributed by atoms with Crippen LogP contribution in [0.1, 0.15) is 18.9 Å². The molecule has 16 heavy (non-hydrogen) atoms. The number of nitrogens with zero attached hydrogens (tertiary/aromatic N) is 1. The molecule has 1 aromatic rings. The molecule has 1 aromatic carbocycles. The minimum Gasteiger partial charge on any atom is -0.313 e. The van der Waals surface area contributed by atoms with Crippen LogP contribution in [0, 0.1) is 6.92 Å². The lowest BCUT2D eigenvalue weighted by molar-refractivity contribution is -0.116. The average Bonchev–Trinajstić information content (AvgIpc) is 2.23. The molecule has 0 aliphatic rings. The van der Waals surface area contributed by atoms with Gasteiger partial charge in [0.15, 0.2) is 0 Å². The zero-order chi connectivity index (χ0) is 12.1. The maximum atomic E-state index is 11.5. The van der Waals surface area contributed by atoms with Crippen molar-refractivity contribution in [2.24, 2.45) is 0 Å². The number of rotatable bonds is 4. The van der Waals surface area contributed by atoms with Gasteiger partial charge in [-0.05, 0) is 31.0 Å². The van der Waals surface area contributed by atoms with Crippen LogP contribution >= 0.6 is 23.2 Å². The van der Waals surface area contributed by atoms with Gasteiger partial charge in [-0.2, -0.15) is 0 Å². The van der Waals surface area contributed by atoms with Crippen LogP contribution in [0.4, 0.5) is 5.69 Å². The van der Waals surface area contributed by atoms with E-state index in [1.54, 1.807) is 11.8 Å². The molecule has 0 spiro atoms. The van der Waals surface area contributed by atoms with Crippen molar-refractivity contribution in [1.29, 1.82) is 0 Å². The van der Waals surface area contributed by atoms with Gasteiger partial charge < -0.3 is 4.90 Å². The molecule has 88 valence electrons. The van der Waals surface area contributed by atoms with E-state index in [1.807, 2.05) is 25.1 Å². The first-order valence-electron chi connectivity index (χ1n) is 5.16. The van der Waals surface area contributed by atoms with Crippen LogP contribution in [0.25, 0.3) is 0 Å². The summed E-state index contributed by atoms with van der Waals surface area (Å²) in [5, 5.41) is 0.676. The summed E-state index contributed by atoms with van der Waals surface area (Å²) < 4.78 is 0. The maximum Gasteiger partial charge on any atom is 0.223 e. The van der Waals surface area contributed by atoms with Gasteiger partial charge in [0.2, 0.25) is 5.91 Å². The number of hydrogen-bond acceptors (Lipinski definition) is 1. The van der Waals surface area contributed by atoms with Gasteiger partial charge in [-0.1, -0.05) is 17.7 Å². The topological polar surface area (TPSA) is 20.3 Å². The molecule has 0 heterocycles. The van der Waals surface area contributed by atoms with Crippen molar-refractivity contribution < 1.29 is 4.79 Å². The van der Waals surface area contributed by atoms with Gasteiger partial charge in [0, 0.05) is 30.1 Å². The number of carbonyl (C=O) groups is 1.